The molecule has 0 atom stereocenters. The Kier molecular flexibility index (Phi) is 2.57. The van der Waals surface area contributed by atoms with Crippen LogP contribution in [-0.4, -0.2) is 5.11 Å². The van der Waals surface area contributed by atoms with Crippen LogP contribution >= 0.6 is 11.3 Å². The number of thiophene rings is 1. The summed E-state index contributed by atoms with van der Waals surface area (Å²) in [4.78, 5) is 1.11. The second-order valence-corrected chi connectivity index (χ2v) is 4.88. The number of aliphatic hydroxyl groups excluding tert-OH is 1. The fraction of sp³-hybridized carbons (Fsp3) is 0.333. The lowest BCUT2D eigenvalue weighted by Gasteiger charge is -2.05. The van der Waals surface area contributed by atoms with Gasteiger partial charge in [0.05, 0.1) is 6.61 Å². The summed E-state index contributed by atoms with van der Waals surface area (Å²) >= 11 is 1.70. The predicted molar refractivity (Wildman–Crippen MR) is 61.8 cm³/mol. The zero-order valence-electron chi connectivity index (χ0n) is 8.45. The lowest BCUT2D eigenvalue weighted by atomic mass is 10.00. The second-order valence-electron chi connectivity index (χ2n) is 3.75. The molecule has 0 fully saturated rings. The molecule has 0 bridgehead atoms. The van der Waals surface area contributed by atoms with Gasteiger partial charge in [-0.05, 0) is 22.9 Å². The number of benzene rings is 1. The molecule has 0 aliphatic heterocycles. The van der Waals surface area contributed by atoms with Gasteiger partial charge in [0.1, 0.15) is 0 Å². The third-order valence-electron chi connectivity index (χ3n) is 2.43. The van der Waals surface area contributed by atoms with Crippen molar-refractivity contribution < 1.29 is 5.11 Å². The number of aliphatic hydroxyl groups is 1. The van der Waals surface area contributed by atoms with Gasteiger partial charge in [-0.2, -0.15) is 0 Å². The van der Waals surface area contributed by atoms with E-state index in [2.05, 4.69) is 32.0 Å². The minimum absolute atomic E-state index is 0.160. The maximum absolute atomic E-state index is 9.28. The summed E-state index contributed by atoms with van der Waals surface area (Å²) in [5.74, 6) is 0.480. The van der Waals surface area contributed by atoms with Crippen molar-refractivity contribution >= 4 is 21.4 Å². The first-order valence-electron chi connectivity index (χ1n) is 4.85. The van der Waals surface area contributed by atoms with E-state index in [1.165, 1.54) is 15.6 Å². The molecule has 1 aromatic carbocycles. The first kappa shape index (κ1) is 9.69. The molecule has 0 saturated heterocycles. The van der Waals surface area contributed by atoms with Crippen molar-refractivity contribution in [3.8, 4) is 0 Å². The third-order valence-corrected chi connectivity index (χ3v) is 3.60. The SMILES string of the molecule is CC(C)c1c(CO)sc2ccccc12. The molecule has 0 unspecified atom stereocenters. The maximum atomic E-state index is 9.28. The molecule has 14 heavy (non-hydrogen) atoms. The summed E-state index contributed by atoms with van der Waals surface area (Å²) in [6.07, 6.45) is 0. The van der Waals surface area contributed by atoms with Gasteiger partial charge in [-0.1, -0.05) is 32.0 Å². The lowest BCUT2D eigenvalue weighted by Crippen LogP contribution is -1.90. The smallest absolute Gasteiger partial charge is 0.0777 e. The molecule has 1 aromatic heterocycles. The molecule has 2 heteroatoms. The molecule has 1 nitrogen and oxygen atoms in total. The molecular formula is C12H14OS. The van der Waals surface area contributed by atoms with Crippen LogP contribution in [0.5, 0.6) is 0 Å². The van der Waals surface area contributed by atoms with Crippen LogP contribution in [0.2, 0.25) is 0 Å². The van der Waals surface area contributed by atoms with E-state index < -0.39 is 0 Å². The Labute approximate surface area is 88.0 Å². The van der Waals surface area contributed by atoms with E-state index in [1.807, 2.05) is 6.07 Å². The molecule has 0 radical (unpaired) electrons. The van der Waals surface area contributed by atoms with E-state index in [-0.39, 0.29) is 6.61 Å². The molecule has 1 heterocycles. The average Bonchev–Trinajstić information content (AvgIpc) is 2.55. The van der Waals surface area contributed by atoms with Gasteiger partial charge in [0.2, 0.25) is 0 Å². The van der Waals surface area contributed by atoms with Gasteiger partial charge in [-0.25, -0.2) is 0 Å². The molecule has 0 aliphatic carbocycles. The van der Waals surface area contributed by atoms with E-state index in [0.29, 0.717) is 5.92 Å². The van der Waals surface area contributed by atoms with Crippen LogP contribution in [0.4, 0.5) is 0 Å². The van der Waals surface area contributed by atoms with E-state index >= 15 is 0 Å². The number of hydrogen-bond acceptors (Lipinski definition) is 2. The van der Waals surface area contributed by atoms with Crippen LogP contribution in [0.1, 0.15) is 30.2 Å². The lowest BCUT2D eigenvalue weighted by molar-refractivity contribution is 0.284. The quantitative estimate of drug-likeness (QED) is 0.797. The number of rotatable bonds is 2. The van der Waals surface area contributed by atoms with Crippen LogP contribution in [0.15, 0.2) is 24.3 Å². The van der Waals surface area contributed by atoms with Crippen LogP contribution in [0, 0.1) is 0 Å². The van der Waals surface area contributed by atoms with Gasteiger partial charge in [0.25, 0.3) is 0 Å². The molecule has 0 spiro atoms. The first-order valence-corrected chi connectivity index (χ1v) is 5.67. The minimum Gasteiger partial charge on any atom is -0.391 e. The third kappa shape index (κ3) is 1.45. The standard InChI is InChI=1S/C12H14OS/c1-8(2)12-9-5-3-4-6-10(9)14-11(12)7-13/h3-6,8,13H,7H2,1-2H3. The largest absolute Gasteiger partial charge is 0.391 e. The normalized spacial score (nSPS) is 11.4. The van der Waals surface area contributed by atoms with Gasteiger partial charge >= 0.3 is 0 Å². The summed E-state index contributed by atoms with van der Waals surface area (Å²) < 4.78 is 1.28. The van der Waals surface area contributed by atoms with Crippen LogP contribution in [0.25, 0.3) is 10.1 Å². The van der Waals surface area contributed by atoms with E-state index in [1.54, 1.807) is 11.3 Å². The fourth-order valence-corrected chi connectivity index (χ4v) is 3.09. The Bertz CT molecular complexity index is 443. The highest BCUT2D eigenvalue weighted by atomic mass is 32.1. The van der Waals surface area contributed by atoms with Crippen LogP contribution in [0.3, 0.4) is 0 Å². The Morgan fingerprint density at radius 1 is 1.29 bits per heavy atom. The fourth-order valence-electron chi connectivity index (χ4n) is 1.87. The minimum atomic E-state index is 0.160. The highest BCUT2D eigenvalue weighted by molar-refractivity contribution is 7.19. The Morgan fingerprint density at radius 2 is 2.00 bits per heavy atom. The Morgan fingerprint density at radius 3 is 2.64 bits per heavy atom. The van der Waals surface area contributed by atoms with Crippen molar-refractivity contribution in [1.82, 2.24) is 0 Å². The number of fused-ring (bicyclic) bond motifs is 1. The maximum Gasteiger partial charge on any atom is 0.0777 e. The monoisotopic (exact) mass is 206 g/mol. The highest BCUT2D eigenvalue weighted by Crippen LogP contribution is 2.35. The summed E-state index contributed by atoms with van der Waals surface area (Å²) in [5.41, 5.74) is 1.31. The summed E-state index contributed by atoms with van der Waals surface area (Å²) in [6.45, 7) is 4.51. The van der Waals surface area contributed by atoms with Crippen molar-refractivity contribution in [2.75, 3.05) is 0 Å². The van der Waals surface area contributed by atoms with E-state index in [0.717, 1.165) is 4.88 Å². The molecule has 0 aliphatic rings. The average molecular weight is 206 g/mol. The molecule has 0 saturated carbocycles. The van der Waals surface area contributed by atoms with Gasteiger partial charge in [0, 0.05) is 9.58 Å². The van der Waals surface area contributed by atoms with Gasteiger partial charge in [-0.15, -0.1) is 11.3 Å². The van der Waals surface area contributed by atoms with Gasteiger partial charge in [0.15, 0.2) is 0 Å². The van der Waals surface area contributed by atoms with E-state index in [4.69, 9.17) is 0 Å². The summed E-state index contributed by atoms with van der Waals surface area (Å²) in [7, 11) is 0. The van der Waals surface area contributed by atoms with Crippen molar-refractivity contribution in [1.29, 1.82) is 0 Å². The second kappa shape index (κ2) is 3.71. The molecule has 2 aromatic rings. The molecule has 2 rings (SSSR count). The van der Waals surface area contributed by atoms with Crippen molar-refractivity contribution in [2.24, 2.45) is 0 Å². The van der Waals surface area contributed by atoms with Gasteiger partial charge < -0.3 is 5.11 Å². The molecule has 74 valence electrons. The van der Waals surface area contributed by atoms with E-state index in [9.17, 15) is 5.11 Å². The zero-order chi connectivity index (χ0) is 10.1. The Hall–Kier alpha value is -0.860. The highest BCUT2D eigenvalue weighted by Gasteiger charge is 2.13. The van der Waals surface area contributed by atoms with Crippen LogP contribution in [-0.2, 0) is 6.61 Å². The van der Waals surface area contributed by atoms with Crippen molar-refractivity contribution in [3.05, 3.63) is 34.7 Å². The Balaban J connectivity index is 2.74. The predicted octanol–water partition coefficient (Wildman–Crippen LogP) is 3.52. The van der Waals surface area contributed by atoms with Crippen LogP contribution < -0.4 is 0 Å². The molecule has 1 N–H and O–H groups in total. The van der Waals surface area contributed by atoms with Crippen molar-refractivity contribution in [3.63, 3.8) is 0 Å². The first-order chi connectivity index (χ1) is 6.74. The molecular weight excluding hydrogens is 192 g/mol. The zero-order valence-corrected chi connectivity index (χ0v) is 9.27. The molecule has 0 amide bonds. The van der Waals surface area contributed by atoms with Gasteiger partial charge in [-0.3, -0.25) is 0 Å². The number of hydrogen-bond donors (Lipinski definition) is 1. The van der Waals surface area contributed by atoms with Crippen molar-refractivity contribution in [2.45, 2.75) is 26.4 Å². The summed E-state index contributed by atoms with van der Waals surface area (Å²) in [5, 5.41) is 10.6. The topological polar surface area (TPSA) is 20.2 Å². The summed E-state index contributed by atoms with van der Waals surface area (Å²) in [6, 6.07) is 8.36.